The van der Waals surface area contributed by atoms with Crippen LogP contribution in [0.3, 0.4) is 0 Å². The van der Waals surface area contributed by atoms with E-state index in [1.165, 1.54) is 0 Å². The van der Waals surface area contributed by atoms with Gasteiger partial charge in [-0.25, -0.2) is 0 Å². The predicted molar refractivity (Wildman–Crippen MR) is 84.8 cm³/mol. The number of carbonyl (C=O) groups excluding carboxylic acids is 1. The molecule has 6 heteroatoms. The molecule has 1 amide bonds. The minimum atomic E-state index is -0.756. The summed E-state index contributed by atoms with van der Waals surface area (Å²) in [4.78, 5) is 14.5. The van der Waals surface area contributed by atoms with Gasteiger partial charge < -0.3 is 15.4 Å². The molecule has 0 atom stereocenters. The molecule has 2 aliphatic heterocycles. The standard InChI is InChI=1S/C15H19ClN2O2.ClH/c16-13-3-1-2-11-10-18(7-4-12(11)13)14(19)15(17)5-8-20-9-6-15;/h1-3H,4-10,17H2;1H. The Labute approximate surface area is 136 Å². The Morgan fingerprint density at radius 2 is 2.05 bits per heavy atom. The van der Waals surface area contributed by atoms with Crippen LogP contribution in [-0.2, 0) is 22.5 Å². The first kappa shape index (κ1) is 16.6. The van der Waals surface area contributed by atoms with Gasteiger partial charge in [-0.3, -0.25) is 4.79 Å². The summed E-state index contributed by atoms with van der Waals surface area (Å²) in [5.41, 5.74) is 7.83. The van der Waals surface area contributed by atoms with E-state index >= 15 is 0 Å². The van der Waals surface area contributed by atoms with E-state index in [9.17, 15) is 4.79 Å². The molecular weight excluding hydrogens is 311 g/mol. The van der Waals surface area contributed by atoms with Crippen molar-refractivity contribution in [1.82, 2.24) is 4.90 Å². The average molecular weight is 331 g/mol. The Balaban J connectivity index is 0.00000161. The van der Waals surface area contributed by atoms with Gasteiger partial charge in [-0.2, -0.15) is 0 Å². The summed E-state index contributed by atoms with van der Waals surface area (Å²) in [6, 6.07) is 5.87. The van der Waals surface area contributed by atoms with Gasteiger partial charge in [0, 0.05) is 31.3 Å². The fourth-order valence-corrected chi connectivity index (χ4v) is 3.29. The Morgan fingerprint density at radius 1 is 1.33 bits per heavy atom. The molecule has 1 fully saturated rings. The number of halogens is 2. The zero-order valence-corrected chi connectivity index (χ0v) is 13.4. The van der Waals surface area contributed by atoms with Crippen LogP contribution in [0.25, 0.3) is 0 Å². The van der Waals surface area contributed by atoms with Crippen LogP contribution in [0, 0.1) is 0 Å². The number of fused-ring (bicyclic) bond motifs is 1. The van der Waals surface area contributed by atoms with Gasteiger partial charge in [-0.05, 0) is 36.5 Å². The lowest BCUT2D eigenvalue weighted by Gasteiger charge is -2.38. The highest BCUT2D eigenvalue weighted by atomic mass is 35.5. The van der Waals surface area contributed by atoms with Gasteiger partial charge in [0.25, 0.3) is 0 Å². The Morgan fingerprint density at radius 3 is 2.76 bits per heavy atom. The quantitative estimate of drug-likeness (QED) is 0.858. The number of ether oxygens (including phenoxy) is 1. The zero-order chi connectivity index (χ0) is 14.2. The molecular formula is C15H20Cl2N2O2. The molecule has 0 radical (unpaired) electrons. The third kappa shape index (κ3) is 3.19. The molecule has 0 saturated carbocycles. The van der Waals surface area contributed by atoms with Crippen LogP contribution in [0.1, 0.15) is 24.0 Å². The monoisotopic (exact) mass is 330 g/mol. The largest absolute Gasteiger partial charge is 0.381 e. The van der Waals surface area contributed by atoms with E-state index in [1.54, 1.807) is 0 Å². The first-order valence-corrected chi connectivity index (χ1v) is 7.40. The maximum absolute atomic E-state index is 12.7. The van der Waals surface area contributed by atoms with E-state index in [-0.39, 0.29) is 18.3 Å². The fraction of sp³-hybridized carbons (Fsp3) is 0.533. The number of hydrogen-bond acceptors (Lipinski definition) is 3. The normalized spacial score (nSPS) is 20.4. The summed E-state index contributed by atoms with van der Waals surface area (Å²) in [6.45, 7) is 2.43. The van der Waals surface area contributed by atoms with Gasteiger partial charge in [-0.1, -0.05) is 23.7 Å². The molecule has 2 heterocycles. The predicted octanol–water partition coefficient (Wildman–Crippen LogP) is 2.15. The van der Waals surface area contributed by atoms with Crippen LogP contribution in [0.4, 0.5) is 0 Å². The Bertz CT molecular complexity index is 530. The third-order valence-corrected chi connectivity index (χ3v) is 4.66. The second kappa shape index (κ2) is 6.53. The van der Waals surface area contributed by atoms with Crippen molar-refractivity contribution in [3.63, 3.8) is 0 Å². The molecule has 0 unspecified atom stereocenters. The van der Waals surface area contributed by atoms with Crippen molar-refractivity contribution in [3.8, 4) is 0 Å². The van der Waals surface area contributed by atoms with Gasteiger partial charge in [0.15, 0.2) is 0 Å². The highest BCUT2D eigenvalue weighted by Crippen LogP contribution is 2.28. The van der Waals surface area contributed by atoms with E-state index < -0.39 is 5.54 Å². The molecule has 0 aromatic heterocycles. The highest BCUT2D eigenvalue weighted by Gasteiger charge is 2.39. The van der Waals surface area contributed by atoms with Crippen LogP contribution in [0.2, 0.25) is 5.02 Å². The van der Waals surface area contributed by atoms with E-state index in [1.807, 2.05) is 23.1 Å². The summed E-state index contributed by atoms with van der Waals surface area (Å²) in [6.07, 6.45) is 2.00. The molecule has 4 nitrogen and oxygen atoms in total. The van der Waals surface area contributed by atoms with Crippen LogP contribution < -0.4 is 5.73 Å². The number of hydrogen-bond donors (Lipinski definition) is 1. The molecule has 3 rings (SSSR count). The van der Waals surface area contributed by atoms with Crippen molar-refractivity contribution < 1.29 is 9.53 Å². The minimum absolute atomic E-state index is 0. The van der Waals surface area contributed by atoms with Crippen molar-refractivity contribution in [2.24, 2.45) is 5.73 Å². The van der Waals surface area contributed by atoms with Crippen molar-refractivity contribution in [3.05, 3.63) is 34.3 Å². The molecule has 21 heavy (non-hydrogen) atoms. The number of amides is 1. The van der Waals surface area contributed by atoms with Crippen molar-refractivity contribution in [2.75, 3.05) is 19.8 Å². The molecule has 1 saturated heterocycles. The molecule has 2 aliphatic rings. The molecule has 0 spiro atoms. The maximum atomic E-state index is 12.7. The van der Waals surface area contributed by atoms with Crippen LogP contribution >= 0.6 is 24.0 Å². The molecule has 1 aromatic carbocycles. The summed E-state index contributed by atoms with van der Waals surface area (Å²) in [5, 5.41) is 0.795. The van der Waals surface area contributed by atoms with Crippen molar-refractivity contribution in [2.45, 2.75) is 31.3 Å². The number of nitrogens with two attached hydrogens (primary N) is 1. The first-order valence-electron chi connectivity index (χ1n) is 7.02. The van der Waals surface area contributed by atoms with Crippen LogP contribution in [0.15, 0.2) is 18.2 Å². The lowest BCUT2D eigenvalue weighted by molar-refractivity contribution is -0.141. The summed E-state index contributed by atoms with van der Waals surface area (Å²) >= 11 is 6.20. The first-order chi connectivity index (χ1) is 9.60. The highest BCUT2D eigenvalue weighted by molar-refractivity contribution is 6.31. The van der Waals surface area contributed by atoms with Crippen molar-refractivity contribution in [1.29, 1.82) is 0 Å². The fourth-order valence-electron chi connectivity index (χ4n) is 3.00. The number of carbonyl (C=O) groups is 1. The summed E-state index contributed by atoms with van der Waals surface area (Å²) in [5.74, 6) is 0.0476. The molecule has 2 N–H and O–H groups in total. The number of rotatable bonds is 1. The third-order valence-electron chi connectivity index (χ3n) is 4.31. The number of nitrogens with zero attached hydrogens (tertiary/aromatic N) is 1. The topological polar surface area (TPSA) is 55.6 Å². The van der Waals surface area contributed by atoms with E-state index in [4.69, 9.17) is 22.1 Å². The zero-order valence-electron chi connectivity index (χ0n) is 11.8. The summed E-state index contributed by atoms with van der Waals surface area (Å²) in [7, 11) is 0. The molecule has 1 aromatic rings. The van der Waals surface area contributed by atoms with Gasteiger partial charge in [0.1, 0.15) is 0 Å². The van der Waals surface area contributed by atoms with E-state index in [0.29, 0.717) is 39.1 Å². The van der Waals surface area contributed by atoms with Crippen LogP contribution in [-0.4, -0.2) is 36.1 Å². The Hall–Kier alpha value is -0.810. The van der Waals surface area contributed by atoms with Crippen LogP contribution in [0.5, 0.6) is 0 Å². The minimum Gasteiger partial charge on any atom is -0.381 e. The average Bonchev–Trinajstić information content (AvgIpc) is 2.47. The second-order valence-electron chi connectivity index (χ2n) is 5.62. The van der Waals surface area contributed by atoms with E-state index in [0.717, 1.165) is 22.6 Å². The Kier molecular flexibility index (Phi) is 5.15. The maximum Gasteiger partial charge on any atom is 0.243 e. The lowest BCUT2D eigenvalue weighted by atomic mass is 9.88. The summed E-state index contributed by atoms with van der Waals surface area (Å²) < 4.78 is 5.31. The van der Waals surface area contributed by atoms with Gasteiger partial charge in [0.05, 0.1) is 5.54 Å². The van der Waals surface area contributed by atoms with Gasteiger partial charge in [0.2, 0.25) is 5.91 Å². The lowest BCUT2D eigenvalue weighted by Crippen LogP contribution is -2.58. The van der Waals surface area contributed by atoms with E-state index in [2.05, 4.69) is 0 Å². The second-order valence-corrected chi connectivity index (χ2v) is 6.03. The van der Waals surface area contributed by atoms with Gasteiger partial charge in [-0.15, -0.1) is 12.4 Å². The molecule has 0 aliphatic carbocycles. The SMILES string of the molecule is Cl.NC1(C(=O)N2CCc3c(Cl)cccc3C2)CCOCC1. The number of benzene rings is 1. The molecule has 0 bridgehead atoms. The smallest absolute Gasteiger partial charge is 0.243 e. The van der Waals surface area contributed by atoms with Crippen molar-refractivity contribution >= 4 is 29.9 Å². The van der Waals surface area contributed by atoms with Gasteiger partial charge >= 0.3 is 0 Å². The molecule has 116 valence electrons.